The summed E-state index contributed by atoms with van der Waals surface area (Å²) in [5.41, 5.74) is 2.09. The number of aromatic nitrogens is 2. The van der Waals surface area contributed by atoms with Gasteiger partial charge in [0.25, 0.3) is 0 Å². The average Bonchev–Trinajstić information content (AvgIpc) is 3.16. The van der Waals surface area contributed by atoms with Crippen LogP contribution in [0.25, 0.3) is 11.3 Å². The summed E-state index contributed by atoms with van der Waals surface area (Å²) in [5.74, 6) is 0.155. The lowest BCUT2D eigenvalue weighted by atomic mass is 10.2. The van der Waals surface area contributed by atoms with Gasteiger partial charge in [0.15, 0.2) is 5.16 Å². The van der Waals surface area contributed by atoms with Crippen molar-refractivity contribution in [1.82, 2.24) is 9.97 Å². The molecule has 0 saturated heterocycles. The van der Waals surface area contributed by atoms with Gasteiger partial charge in [0.2, 0.25) is 5.91 Å². The van der Waals surface area contributed by atoms with Gasteiger partial charge in [0, 0.05) is 5.69 Å². The number of hydrogen-bond donors (Lipinski definition) is 2. The zero-order valence-corrected chi connectivity index (χ0v) is 15.9. The van der Waals surface area contributed by atoms with Gasteiger partial charge in [-0.25, -0.2) is 4.98 Å². The molecule has 0 aliphatic carbocycles. The summed E-state index contributed by atoms with van der Waals surface area (Å²) in [6.07, 6.45) is -3.09. The molecule has 0 unspecified atom stereocenters. The second kappa shape index (κ2) is 8.91. The first kappa shape index (κ1) is 20.6. The number of anilines is 1. The topological polar surface area (TPSA) is 76.2 Å². The number of aromatic amines is 1. The summed E-state index contributed by atoms with van der Waals surface area (Å²) >= 11 is 1.21. The lowest BCUT2D eigenvalue weighted by Gasteiger charge is -2.09. The summed E-state index contributed by atoms with van der Waals surface area (Å²) in [5, 5.41) is 3.17. The third-order valence-electron chi connectivity index (χ3n) is 3.67. The maximum Gasteiger partial charge on any atom is 0.573 e. The molecule has 0 atom stereocenters. The van der Waals surface area contributed by atoms with Gasteiger partial charge in [0.1, 0.15) is 11.5 Å². The van der Waals surface area contributed by atoms with Crippen LogP contribution in [0.15, 0.2) is 59.9 Å². The van der Waals surface area contributed by atoms with E-state index in [4.69, 9.17) is 4.74 Å². The molecule has 3 rings (SSSR count). The first-order valence-electron chi connectivity index (χ1n) is 8.30. The fraction of sp³-hybridized carbons (Fsp3) is 0.158. The largest absolute Gasteiger partial charge is 0.573 e. The molecule has 1 amide bonds. The lowest BCUT2D eigenvalue weighted by Crippen LogP contribution is -2.17. The van der Waals surface area contributed by atoms with Crippen molar-refractivity contribution in [1.29, 1.82) is 0 Å². The molecule has 0 saturated carbocycles. The third-order valence-corrected chi connectivity index (χ3v) is 4.55. The minimum atomic E-state index is -4.75. The molecule has 6 nitrogen and oxygen atoms in total. The highest BCUT2D eigenvalue weighted by atomic mass is 32.2. The second-order valence-corrected chi connectivity index (χ2v) is 6.70. The van der Waals surface area contributed by atoms with Crippen molar-refractivity contribution in [3.05, 3.63) is 54.7 Å². The third kappa shape index (κ3) is 6.18. The molecule has 2 aromatic carbocycles. The number of carbonyl (C=O) groups is 1. The number of methoxy groups -OCH3 is 1. The quantitative estimate of drug-likeness (QED) is 0.538. The van der Waals surface area contributed by atoms with E-state index >= 15 is 0 Å². The number of benzene rings is 2. The number of hydrogen-bond acceptors (Lipinski definition) is 5. The van der Waals surface area contributed by atoms with E-state index in [-0.39, 0.29) is 17.4 Å². The van der Waals surface area contributed by atoms with Crippen molar-refractivity contribution in [2.75, 3.05) is 18.2 Å². The Morgan fingerprint density at radius 2 is 1.76 bits per heavy atom. The van der Waals surface area contributed by atoms with E-state index in [9.17, 15) is 18.0 Å². The molecule has 0 radical (unpaired) electrons. The van der Waals surface area contributed by atoms with Crippen molar-refractivity contribution in [2.24, 2.45) is 0 Å². The molecule has 0 spiro atoms. The smallest absolute Gasteiger partial charge is 0.497 e. The van der Waals surface area contributed by atoms with Crippen LogP contribution in [0.4, 0.5) is 18.9 Å². The number of imidazole rings is 1. The number of amides is 1. The summed E-state index contributed by atoms with van der Waals surface area (Å²) in [4.78, 5) is 19.4. The first-order chi connectivity index (χ1) is 13.8. The number of H-pyrrole nitrogens is 1. The summed E-state index contributed by atoms with van der Waals surface area (Å²) in [7, 11) is 1.59. The zero-order chi connectivity index (χ0) is 20.9. The average molecular weight is 423 g/mol. The van der Waals surface area contributed by atoms with Crippen LogP contribution in [0.2, 0.25) is 0 Å². The van der Waals surface area contributed by atoms with Gasteiger partial charge in [-0.1, -0.05) is 11.8 Å². The minimum absolute atomic E-state index is 0.0797. The van der Waals surface area contributed by atoms with Crippen molar-refractivity contribution in [3.63, 3.8) is 0 Å². The van der Waals surface area contributed by atoms with E-state index in [1.165, 1.54) is 23.9 Å². The molecule has 3 aromatic rings. The number of carbonyl (C=O) groups excluding carboxylic acids is 1. The molecule has 0 aliphatic rings. The normalized spacial score (nSPS) is 11.2. The Morgan fingerprint density at radius 1 is 1.10 bits per heavy atom. The Morgan fingerprint density at radius 3 is 2.38 bits per heavy atom. The van der Waals surface area contributed by atoms with Crippen LogP contribution in [0.1, 0.15) is 0 Å². The number of nitrogens with one attached hydrogen (secondary N) is 2. The van der Waals surface area contributed by atoms with Crippen molar-refractivity contribution < 1.29 is 27.4 Å². The zero-order valence-electron chi connectivity index (χ0n) is 15.1. The van der Waals surface area contributed by atoms with Crippen molar-refractivity contribution in [3.8, 4) is 22.8 Å². The van der Waals surface area contributed by atoms with Gasteiger partial charge in [-0.2, -0.15) is 0 Å². The Bertz CT molecular complexity index is 957. The van der Waals surface area contributed by atoms with Crippen molar-refractivity contribution in [2.45, 2.75) is 11.5 Å². The van der Waals surface area contributed by atoms with E-state index in [2.05, 4.69) is 20.0 Å². The summed E-state index contributed by atoms with van der Waals surface area (Å²) in [6, 6.07) is 12.4. The molecular weight excluding hydrogens is 407 g/mol. The summed E-state index contributed by atoms with van der Waals surface area (Å²) in [6.45, 7) is 0. The Kier molecular flexibility index (Phi) is 6.32. The molecule has 152 valence electrons. The fourth-order valence-electron chi connectivity index (χ4n) is 2.36. The highest BCUT2D eigenvalue weighted by molar-refractivity contribution is 7.99. The number of thioether (sulfide) groups is 1. The Balaban J connectivity index is 1.51. The maximum atomic E-state index is 12.1. The highest BCUT2D eigenvalue weighted by Crippen LogP contribution is 2.25. The molecule has 10 heteroatoms. The van der Waals surface area contributed by atoms with E-state index in [0.29, 0.717) is 10.8 Å². The molecule has 1 heterocycles. The van der Waals surface area contributed by atoms with Crippen LogP contribution in [-0.2, 0) is 4.79 Å². The van der Waals surface area contributed by atoms with E-state index in [1.54, 1.807) is 13.3 Å². The van der Waals surface area contributed by atoms with Gasteiger partial charge in [-0.15, -0.1) is 13.2 Å². The first-order valence-corrected chi connectivity index (χ1v) is 9.29. The van der Waals surface area contributed by atoms with Crippen LogP contribution in [-0.4, -0.2) is 35.1 Å². The molecule has 2 N–H and O–H groups in total. The molecule has 0 bridgehead atoms. The number of nitrogens with zero attached hydrogens (tertiary/aromatic N) is 1. The Labute approximate surface area is 168 Å². The van der Waals surface area contributed by atoms with Gasteiger partial charge >= 0.3 is 6.36 Å². The van der Waals surface area contributed by atoms with Gasteiger partial charge in [-0.05, 0) is 54.1 Å². The number of rotatable bonds is 7. The predicted molar refractivity (Wildman–Crippen MR) is 103 cm³/mol. The molecular formula is C19H16F3N3O3S. The summed E-state index contributed by atoms with van der Waals surface area (Å²) < 4.78 is 45.3. The molecule has 0 aliphatic heterocycles. The Hall–Kier alpha value is -3.14. The monoisotopic (exact) mass is 423 g/mol. The van der Waals surface area contributed by atoms with Crippen LogP contribution < -0.4 is 14.8 Å². The van der Waals surface area contributed by atoms with E-state index in [0.717, 1.165) is 29.1 Å². The minimum Gasteiger partial charge on any atom is -0.497 e. The number of halogens is 3. The fourth-order valence-corrected chi connectivity index (χ4v) is 3.01. The van der Waals surface area contributed by atoms with E-state index in [1.807, 2.05) is 24.3 Å². The van der Waals surface area contributed by atoms with E-state index < -0.39 is 6.36 Å². The number of ether oxygens (including phenoxy) is 2. The molecule has 29 heavy (non-hydrogen) atoms. The second-order valence-electron chi connectivity index (χ2n) is 5.74. The standard InChI is InChI=1S/C19H16F3N3O3S/c1-27-14-6-2-12(3-7-14)16-10-23-18(25-16)29-11-17(26)24-13-4-8-15(9-5-13)28-19(20,21)22/h2-10H,11H2,1H3,(H,23,25)(H,24,26). The van der Waals surface area contributed by atoms with Gasteiger partial charge in [0.05, 0.1) is 24.8 Å². The van der Waals surface area contributed by atoms with Gasteiger partial charge in [-0.3, -0.25) is 4.79 Å². The van der Waals surface area contributed by atoms with Crippen LogP contribution in [0.5, 0.6) is 11.5 Å². The number of alkyl halides is 3. The van der Waals surface area contributed by atoms with Gasteiger partial charge < -0.3 is 19.8 Å². The van der Waals surface area contributed by atoms with Crippen LogP contribution in [0.3, 0.4) is 0 Å². The lowest BCUT2D eigenvalue weighted by molar-refractivity contribution is -0.274. The van der Waals surface area contributed by atoms with Crippen molar-refractivity contribution >= 4 is 23.4 Å². The molecule has 1 aromatic heterocycles. The SMILES string of the molecule is COc1ccc(-c2cnc(SCC(=O)Nc3ccc(OC(F)(F)F)cc3)[nH]2)cc1. The predicted octanol–water partition coefficient (Wildman–Crippen LogP) is 4.71. The van der Waals surface area contributed by atoms with Crippen LogP contribution >= 0.6 is 11.8 Å². The van der Waals surface area contributed by atoms with Crippen LogP contribution in [0, 0.1) is 0 Å². The maximum absolute atomic E-state index is 12.1. The molecule has 0 fully saturated rings. The highest BCUT2D eigenvalue weighted by Gasteiger charge is 2.30.